The summed E-state index contributed by atoms with van der Waals surface area (Å²) in [6, 6.07) is -0.811. The molecule has 0 saturated carbocycles. The third-order valence-corrected chi connectivity index (χ3v) is 3.82. The summed E-state index contributed by atoms with van der Waals surface area (Å²) >= 11 is 0. The van der Waals surface area contributed by atoms with E-state index in [0.29, 0.717) is 13.0 Å². The van der Waals surface area contributed by atoms with Crippen LogP contribution in [0.3, 0.4) is 0 Å². The Morgan fingerprint density at radius 1 is 1.53 bits per heavy atom. The molecule has 4 nitrogen and oxygen atoms in total. The molecule has 0 aromatic carbocycles. The van der Waals surface area contributed by atoms with Crippen LogP contribution in [0.4, 0.5) is 8.78 Å². The Balaban J connectivity index is 2.05. The number of halogens is 2. The van der Waals surface area contributed by atoms with E-state index in [0.717, 1.165) is 6.42 Å². The minimum absolute atomic E-state index is 0.0510. The maximum absolute atomic E-state index is 12.7. The maximum atomic E-state index is 12.7. The zero-order valence-electron chi connectivity index (χ0n) is 10.2. The van der Waals surface area contributed by atoms with E-state index in [1.807, 2.05) is 18.9 Å². The van der Waals surface area contributed by atoms with E-state index in [1.165, 1.54) is 0 Å². The first-order valence-electron chi connectivity index (χ1n) is 6.03. The molecule has 1 fully saturated rings. The van der Waals surface area contributed by atoms with Crippen molar-refractivity contribution in [3.63, 3.8) is 0 Å². The number of hydrazone groups is 1. The van der Waals surface area contributed by atoms with Crippen molar-refractivity contribution < 1.29 is 8.78 Å². The van der Waals surface area contributed by atoms with Crippen molar-refractivity contribution in [1.29, 1.82) is 0 Å². The normalized spacial score (nSPS) is 36.8. The van der Waals surface area contributed by atoms with E-state index >= 15 is 0 Å². The topological polar surface area (TPSA) is 53.6 Å². The van der Waals surface area contributed by atoms with Crippen LogP contribution in [-0.2, 0) is 0 Å². The molecule has 17 heavy (non-hydrogen) atoms. The average Bonchev–Trinajstić information content (AvgIpc) is 2.54. The molecular weight excluding hydrogens is 226 g/mol. The van der Waals surface area contributed by atoms with Gasteiger partial charge in [-0.15, -0.1) is 0 Å². The molecule has 0 radical (unpaired) electrons. The molecule has 1 saturated heterocycles. The molecule has 3 N–H and O–H groups in total. The molecule has 2 heterocycles. The molecule has 0 spiro atoms. The number of piperidine rings is 1. The zero-order valence-corrected chi connectivity index (χ0v) is 10.2. The lowest BCUT2D eigenvalue weighted by atomic mass is 9.91. The second kappa shape index (κ2) is 4.49. The van der Waals surface area contributed by atoms with Gasteiger partial charge in [-0.3, -0.25) is 5.01 Å². The zero-order chi connectivity index (χ0) is 12.6. The van der Waals surface area contributed by atoms with Gasteiger partial charge in [0, 0.05) is 6.21 Å². The monoisotopic (exact) mass is 246 g/mol. The Labute approximate surface area is 100 Å². The summed E-state index contributed by atoms with van der Waals surface area (Å²) in [6.07, 6.45) is 0.641. The first-order valence-corrected chi connectivity index (χ1v) is 6.03. The van der Waals surface area contributed by atoms with Crippen molar-refractivity contribution in [2.45, 2.75) is 56.8 Å². The largest absolute Gasteiger partial charge is 0.321 e. The van der Waals surface area contributed by atoms with E-state index in [1.54, 1.807) is 6.21 Å². The van der Waals surface area contributed by atoms with Crippen LogP contribution < -0.4 is 11.1 Å². The summed E-state index contributed by atoms with van der Waals surface area (Å²) in [5.41, 5.74) is 5.67. The standard InChI is InChI=1S/C11H20F2N4/c1-11(2)9(14)6-16-17(11)7-3-4-15-8(5-7)10(12)13/h6-10,15H,3-5,14H2,1-2H3/t7-,8-,9?/m1/s1. The summed E-state index contributed by atoms with van der Waals surface area (Å²) in [5, 5.41) is 9.06. The second-order valence-electron chi connectivity index (χ2n) is 5.36. The van der Waals surface area contributed by atoms with Crippen molar-refractivity contribution >= 4 is 6.21 Å². The fourth-order valence-corrected chi connectivity index (χ4v) is 2.54. The molecule has 0 amide bonds. The molecule has 1 unspecified atom stereocenters. The molecule has 6 heteroatoms. The van der Waals surface area contributed by atoms with Crippen LogP contribution in [0.25, 0.3) is 0 Å². The van der Waals surface area contributed by atoms with Crippen LogP contribution in [0.2, 0.25) is 0 Å². The lowest BCUT2D eigenvalue weighted by Gasteiger charge is -2.42. The summed E-state index contributed by atoms with van der Waals surface area (Å²) in [6.45, 7) is 4.62. The van der Waals surface area contributed by atoms with Gasteiger partial charge in [0.1, 0.15) is 0 Å². The fraction of sp³-hybridized carbons (Fsp3) is 0.909. The van der Waals surface area contributed by atoms with Crippen molar-refractivity contribution in [3.05, 3.63) is 0 Å². The highest BCUT2D eigenvalue weighted by molar-refractivity contribution is 5.68. The number of alkyl halides is 2. The van der Waals surface area contributed by atoms with Crippen LogP contribution in [0.5, 0.6) is 0 Å². The molecule has 2 rings (SSSR count). The number of hydrogen-bond acceptors (Lipinski definition) is 4. The number of rotatable bonds is 2. The van der Waals surface area contributed by atoms with Gasteiger partial charge in [0.15, 0.2) is 0 Å². The van der Waals surface area contributed by atoms with Crippen LogP contribution >= 0.6 is 0 Å². The Morgan fingerprint density at radius 3 is 2.76 bits per heavy atom. The highest BCUT2D eigenvalue weighted by atomic mass is 19.3. The molecule has 0 bridgehead atoms. The highest BCUT2D eigenvalue weighted by Gasteiger charge is 2.42. The quantitative estimate of drug-likeness (QED) is 0.757. The van der Waals surface area contributed by atoms with Gasteiger partial charge < -0.3 is 11.1 Å². The predicted octanol–water partition coefficient (Wildman–Crippen LogP) is 0.779. The first-order chi connectivity index (χ1) is 7.93. The number of nitrogens with one attached hydrogen (secondary N) is 1. The van der Waals surface area contributed by atoms with Crippen molar-refractivity contribution in [2.24, 2.45) is 10.8 Å². The first kappa shape index (κ1) is 12.7. The van der Waals surface area contributed by atoms with E-state index in [9.17, 15) is 8.78 Å². The highest BCUT2D eigenvalue weighted by Crippen LogP contribution is 2.30. The Morgan fingerprint density at radius 2 is 2.24 bits per heavy atom. The molecule has 0 aromatic rings. The Kier molecular flexibility index (Phi) is 3.36. The van der Waals surface area contributed by atoms with Crippen LogP contribution in [0.15, 0.2) is 5.10 Å². The minimum atomic E-state index is -2.32. The fourth-order valence-electron chi connectivity index (χ4n) is 2.54. The van der Waals surface area contributed by atoms with Gasteiger partial charge >= 0.3 is 0 Å². The van der Waals surface area contributed by atoms with Gasteiger partial charge in [-0.05, 0) is 33.2 Å². The maximum Gasteiger partial charge on any atom is 0.253 e. The molecule has 2 aliphatic heterocycles. The van der Waals surface area contributed by atoms with Gasteiger partial charge in [0.2, 0.25) is 0 Å². The molecule has 0 aromatic heterocycles. The van der Waals surface area contributed by atoms with E-state index in [-0.39, 0.29) is 17.6 Å². The smallest absolute Gasteiger partial charge is 0.253 e. The van der Waals surface area contributed by atoms with E-state index in [2.05, 4.69) is 10.4 Å². The average molecular weight is 246 g/mol. The second-order valence-corrected chi connectivity index (χ2v) is 5.36. The number of nitrogens with two attached hydrogens (primary N) is 1. The molecular formula is C11H20F2N4. The van der Waals surface area contributed by atoms with Crippen LogP contribution in [0, 0.1) is 0 Å². The minimum Gasteiger partial charge on any atom is -0.321 e. The van der Waals surface area contributed by atoms with Gasteiger partial charge in [0.05, 0.1) is 23.7 Å². The van der Waals surface area contributed by atoms with Gasteiger partial charge in [-0.1, -0.05) is 0 Å². The predicted molar refractivity (Wildman–Crippen MR) is 63.2 cm³/mol. The van der Waals surface area contributed by atoms with Crippen molar-refractivity contribution in [2.75, 3.05) is 6.54 Å². The van der Waals surface area contributed by atoms with Crippen molar-refractivity contribution in [3.8, 4) is 0 Å². The van der Waals surface area contributed by atoms with Crippen molar-refractivity contribution in [1.82, 2.24) is 10.3 Å². The Bertz CT molecular complexity index is 306. The molecule has 0 aliphatic carbocycles. The number of nitrogens with zero attached hydrogens (tertiary/aromatic N) is 2. The SMILES string of the molecule is CC1(C)C(N)C=NN1[C@@H]1CCN[C@@H](C(F)F)C1. The van der Waals surface area contributed by atoms with Crippen LogP contribution in [-0.4, -0.2) is 47.9 Å². The lowest BCUT2D eigenvalue weighted by molar-refractivity contribution is 0.0208. The molecule has 98 valence electrons. The van der Waals surface area contributed by atoms with E-state index < -0.39 is 12.5 Å². The summed E-state index contributed by atoms with van der Waals surface area (Å²) < 4.78 is 25.4. The van der Waals surface area contributed by atoms with Gasteiger partial charge in [0.25, 0.3) is 6.43 Å². The summed E-state index contributed by atoms with van der Waals surface area (Å²) in [5.74, 6) is 0. The summed E-state index contributed by atoms with van der Waals surface area (Å²) in [7, 11) is 0. The van der Waals surface area contributed by atoms with E-state index in [4.69, 9.17) is 5.73 Å². The molecule has 3 atom stereocenters. The van der Waals surface area contributed by atoms with Gasteiger partial charge in [-0.25, -0.2) is 8.78 Å². The van der Waals surface area contributed by atoms with Crippen LogP contribution in [0.1, 0.15) is 26.7 Å². The Hall–Kier alpha value is -0.750. The van der Waals surface area contributed by atoms with Gasteiger partial charge in [-0.2, -0.15) is 5.10 Å². The molecule has 2 aliphatic rings. The third kappa shape index (κ3) is 2.28. The number of hydrogen-bond donors (Lipinski definition) is 2. The third-order valence-electron chi connectivity index (χ3n) is 3.82. The lowest BCUT2D eigenvalue weighted by Crippen LogP contribution is -2.57. The summed E-state index contributed by atoms with van der Waals surface area (Å²) in [4.78, 5) is 0.